The Labute approximate surface area is 95.4 Å². The molecule has 0 N–H and O–H groups in total. The molecule has 0 aliphatic rings. The van der Waals surface area contributed by atoms with Crippen molar-refractivity contribution in [2.45, 2.75) is 33.2 Å². The maximum Gasteiger partial charge on any atom is 0.360 e. The van der Waals surface area contributed by atoms with Gasteiger partial charge in [0.05, 0.1) is 6.61 Å². The number of carbonyl (C=O) groups excluding carboxylic acids is 1. The Balaban J connectivity index is 2.74. The number of hydrogen-bond donors (Lipinski definition) is 0. The molecular weight excluding hydrogens is 208 g/mol. The standard InChI is InChI=1S/C11H18N2O3/c1-5-8(3)13(4)11-12-9(7-16-11)10(14)15-6-2/h7-8H,5-6H2,1-4H3. The SMILES string of the molecule is CCOC(=O)c1coc(N(C)C(C)CC)n1. The van der Waals surface area contributed by atoms with E-state index in [9.17, 15) is 4.79 Å². The third kappa shape index (κ3) is 2.74. The zero-order valence-electron chi connectivity index (χ0n) is 10.2. The second-order valence-corrected chi connectivity index (χ2v) is 3.60. The van der Waals surface area contributed by atoms with E-state index in [1.54, 1.807) is 6.92 Å². The molecule has 0 saturated carbocycles. The number of ether oxygens (including phenoxy) is 1. The molecule has 1 aromatic heterocycles. The molecule has 0 bridgehead atoms. The molecule has 1 rings (SSSR count). The van der Waals surface area contributed by atoms with Gasteiger partial charge in [-0.2, -0.15) is 4.98 Å². The summed E-state index contributed by atoms with van der Waals surface area (Å²) < 4.78 is 10.1. The van der Waals surface area contributed by atoms with Crippen LogP contribution in [0.1, 0.15) is 37.7 Å². The fourth-order valence-corrected chi connectivity index (χ4v) is 1.19. The molecule has 0 aliphatic heterocycles. The molecule has 0 spiro atoms. The van der Waals surface area contributed by atoms with Gasteiger partial charge in [-0.05, 0) is 20.3 Å². The maximum atomic E-state index is 11.4. The molecule has 0 amide bonds. The summed E-state index contributed by atoms with van der Waals surface area (Å²) in [6, 6.07) is 0.756. The van der Waals surface area contributed by atoms with Gasteiger partial charge in [-0.25, -0.2) is 4.79 Å². The van der Waals surface area contributed by atoms with Gasteiger partial charge >= 0.3 is 5.97 Å². The molecule has 90 valence electrons. The third-order valence-corrected chi connectivity index (χ3v) is 2.53. The van der Waals surface area contributed by atoms with Crippen molar-refractivity contribution in [3.8, 4) is 0 Å². The van der Waals surface area contributed by atoms with Crippen LogP contribution in [0.2, 0.25) is 0 Å². The molecule has 1 atom stereocenters. The average Bonchev–Trinajstić information content (AvgIpc) is 2.76. The summed E-state index contributed by atoms with van der Waals surface area (Å²) in [4.78, 5) is 17.3. The molecule has 16 heavy (non-hydrogen) atoms. The Morgan fingerprint density at radius 2 is 2.31 bits per heavy atom. The highest BCUT2D eigenvalue weighted by atomic mass is 16.5. The smallest absolute Gasteiger partial charge is 0.360 e. The summed E-state index contributed by atoms with van der Waals surface area (Å²) >= 11 is 0. The lowest BCUT2D eigenvalue weighted by atomic mass is 10.2. The lowest BCUT2D eigenvalue weighted by molar-refractivity contribution is 0.0519. The Hall–Kier alpha value is -1.52. The van der Waals surface area contributed by atoms with Gasteiger partial charge in [0.25, 0.3) is 6.01 Å². The van der Waals surface area contributed by atoms with Crippen molar-refractivity contribution in [1.29, 1.82) is 0 Å². The van der Waals surface area contributed by atoms with Crippen molar-refractivity contribution in [2.75, 3.05) is 18.6 Å². The van der Waals surface area contributed by atoms with Crippen molar-refractivity contribution in [3.63, 3.8) is 0 Å². The van der Waals surface area contributed by atoms with E-state index in [4.69, 9.17) is 9.15 Å². The fourth-order valence-electron chi connectivity index (χ4n) is 1.19. The number of hydrogen-bond acceptors (Lipinski definition) is 5. The zero-order chi connectivity index (χ0) is 12.1. The Morgan fingerprint density at radius 1 is 1.62 bits per heavy atom. The Bertz CT molecular complexity index is 349. The predicted molar refractivity (Wildman–Crippen MR) is 60.6 cm³/mol. The first-order valence-electron chi connectivity index (χ1n) is 5.45. The largest absolute Gasteiger partial charge is 0.461 e. The summed E-state index contributed by atoms with van der Waals surface area (Å²) in [5.41, 5.74) is 0.215. The zero-order valence-corrected chi connectivity index (χ0v) is 10.2. The van der Waals surface area contributed by atoms with Crippen LogP contribution >= 0.6 is 0 Å². The molecule has 1 unspecified atom stereocenters. The molecule has 5 heteroatoms. The van der Waals surface area contributed by atoms with Crippen LogP contribution in [0.3, 0.4) is 0 Å². The monoisotopic (exact) mass is 226 g/mol. The van der Waals surface area contributed by atoms with Crippen molar-refractivity contribution in [3.05, 3.63) is 12.0 Å². The maximum absolute atomic E-state index is 11.4. The highest BCUT2D eigenvalue weighted by Gasteiger charge is 2.17. The van der Waals surface area contributed by atoms with E-state index < -0.39 is 5.97 Å². The van der Waals surface area contributed by atoms with Crippen LogP contribution in [0.5, 0.6) is 0 Å². The van der Waals surface area contributed by atoms with Crippen LogP contribution in [0.25, 0.3) is 0 Å². The number of nitrogens with zero attached hydrogens (tertiary/aromatic N) is 2. The Morgan fingerprint density at radius 3 is 2.88 bits per heavy atom. The first-order chi connectivity index (χ1) is 7.60. The number of aromatic nitrogens is 1. The first-order valence-corrected chi connectivity index (χ1v) is 5.45. The minimum Gasteiger partial charge on any atom is -0.461 e. The van der Waals surface area contributed by atoms with E-state index >= 15 is 0 Å². The molecule has 0 aliphatic carbocycles. The minimum atomic E-state index is -0.449. The number of carbonyl (C=O) groups is 1. The summed E-state index contributed by atoms with van der Waals surface area (Å²) in [5, 5.41) is 0. The lowest BCUT2D eigenvalue weighted by Crippen LogP contribution is -2.28. The third-order valence-electron chi connectivity index (χ3n) is 2.53. The van der Waals surface area contributed by atoms with Crippen molar-refractivity contribution in [1.82, 2.24) is 4.98 Å². The van der Waals surface area contributed by atoms with E-state index in [1.165, 1.54) is 6.26 Å². The van der Waals surface area contributed by atoms with Gasteiger partial charge in [-0.15, -0.1) is 0 Å². The van der Waals surface area contributed by atoms with Crippen LogP contribution in [0.4, 0.5) is 6.01 Å². The van der Waals surface area contributed by atoms with Crippen LogP contribution in [0, 0.1) is 0 Å². The highest BCUT2D eigenvalue weighted by Crippen LogP contribution is 2.16. The molecule has 1 heterocycles. The number of rotatable bonds is 5. The Kier molecular flexibility index (Phi) is 4.34. The van der Waals surface area contributed by atoms with Crippen molar-refractivity contribution < 1.29 is 13.9 Å². The summed E-state index contributed by atoms with van der Waals surface area (Å²) in [5.74, 6) is -0.449. The van der Waals surface area contributed by atoms with Crippen LogP contribution in [-0.2, 0) is 4.74 Å². The molecule has 0 aromatic carbocycles. The van der Waals surface area contributed by atoms with Gasteiger partial charge < -0.3 is 14.1 Å². The van der Waals surface area contributed by atoms with Gasteiger partial charge in [-0.3, -0.25) is 0 Å². The van der Waals surface area contributed by atoms with E-state index in [0.29, 0.717) is 18.7 Å². The van der Waals surface area contributed by atoms with E-state index in [-0.39, 0.29) is 5.69 Å². The topological polar surface area (TPSA) is 55.6 Å². The fraction of sp³-hybridized carbons (Fsp3) is 0.636. The van der Waals surface area contributed by atoms with Crippen LogP contribution in [0.15, 0.2) is 10.7 Å². The number of anilines is 1. The normalized spacial score (nSPS) is 12.2. The van der Waals surface area contributed by atoms with Crippen LogP contribution < -0.4 is 4.90 Å². The van der Waals surface area contributed by atoms with Gasteiger partial charge in [0, 0.05) is 13.1 Å². The summed E-state index contributed by atoms with van der Waals surface area (Å²) in [6.45, 7) is 6.23. The quantitative estimate of drug-likeness (QED) is 0.719. The number of esters is 1. The summed E-state index contributed by atoms with van der Waals surface area (Å²) in [7, 11) is 1.88. The predicted octanol–water partition coefficient (Wildman–Crippen LogP) is 2.09. The minimum absolute atomic E-state index is 0.215. The van der Waals surface area contributed by atoms with Gasteiger partial charge in [0.2, 0.25) is 0 Å². The lowest BCUT2D eigenvalue weighted by Gasteiger charge is -2.21. The van der Waals surface area contributed by atoms with E-state index in [2.05, 4.69) is 18.8 Å². The molecule has 0 fully saturated rings. The van der Waals surface area contributed by atoms with Gasteiger partial charge in [0.15, 0.2) is 5.69 Å². The second-order valence-electron chi connectivity index (χ2n) is 3.60. The number of oxazole rings is 1. The van der Waals surface area contributed by atoms with Gasteiger partial charge in [-0.1, -0.05) is 6.92 Å². The van der Waals surface area contributed by atoms with E-state index in [1.807, 2.05) is 11.9 Å². The van der Waals surface area contributed by atoms with Crippen molar-refractivity contribution in [2.24, 2.45) is 0 Å². The van der Waals surface area contributed by atoms with Crippen LogP contribution in [-0.4, -0.2) is 30.6 Å². The van der Waals surface area contributed by atoms with E-state index in [0.717, 1.165) is 6.42 Å². The average molecular weight is 226 g/mol. The molecule has 0 radical (unpaired) electrons. The molecular formula is C11H18N2O3. The van der Waals surface area contributed by atoms with Crippen molar-refractivity contribution >= 4 is 12.0 Å². The first kappa shape index (κ1) is 12.5. The second kappa shape index (κ2) is 5.53. The molecule has 0 saturated heterocycles. The highest BCUT2D eigenvalue weighted by molar-refractivity contribution is 5.87. The molecule has 1 aromatic rings. The molecule has 5 nitrogen and oxygen atoms in total. The summed E-state index contributed by atoms with van der Waals surface area (Å²) in [6.07, 6.45) is 2.31. The van der Waals surface area contributed by atoms with Gasteiger partial charge in [0.1, 0.15) is 6.26 Å².